The highest BCUT2D eigenvalue weighted by Crippen LogP contribution is 2.45. The van der Waals surface area contributed by atoms with Crippen LogP contribution in [0.3, 0.4) is 0 Å². The van der Waals surface area contributed by atoms with Gasteiger partial charge < -0.3 is 10.4 Å². The molecule has 1 aliphatic rings. The van der Waals surface area contributed by atoms with Crippen LogP contribution in [0.1, 0.15) is 56.7 Å². The second-order valence-corrected chi connectivity index (χ2v) is 8.38. The SMILES string of the molecule is Cc1csc(NC(=O)C(C)(C)C(C2=CCCCC2)c2ccc(O)cc2)n1. The summed E-state index contributed by atoms with van der Waals surface area (Å²) in [7, 11) is 0. The Morgan fingerprint density at radius 2 is 2.00 bits per heavy atom. The van der Waals surface area contributed by atoms with Crippen molar-refractivity contribution >= 4 is 22.4 Å². The molecule has 2 aromatic rings. The summed E-state index contributed by atoms with van der Waals surface area (Å²) in [6, 6.07) is 7.25. The predicted molar refractivity (Wildman–Crippen MR) is 107 cm³/mol. The summed E-state index contributed by atoms with van der Waals surface area (Å²) in [6.45, 7) is 5.91. The summed E-state index contributed by atoms with van der Waals surface area (Å²) >= 11 is 1.45. The number of thiazole rings is 1. The van der Waals surface area contributed by atoms with E-state index >= 15 is 0 Å². The van der Waals surface area contributed by atoms with Gasteiger partial charge in [0.05, 0.1) is 11.1 Å². The second kappa shape index (κ2) is 7.62. The maximum Gasteiger partial charge on any atom is 0.232 e. The van der Waals surface area contributed by atoms with Crippen molar-refractivity contribution in [2.45, 2.75) is 52.4 Å². The van der Waals surface area contributed by atoms with E-state index in [0.717, 1.165) is 30.5 Å². The number of aryl methyl sites for hydroxylation is 1. The van der Waals surface area contributed by atoms with Crippen molar-refractivity contribution < 1.29 is 9.90 Å². The van der Waals surface area contributed by atoms with Gasteiger partial charge in [0.2, 0.25) is 5.91 Å². The number of amides is 1. The molecule has 1 aromatic carbocycles. The van der Waals surface area contributed by atoms with E-state index in [-0.39, 0.29) is 17.6 Å². The van der Waals surface area contributed by atoms with Crippen LogP contribution < -0.4 is 5.32 Å². The van der Waals surface area contributed by atoms with Crippen LogP contribution >= 0.6 is 11.3 Å². The Bertz CT molecular complexity index is 806. The number of anilines is 1. The number of nitrogens with one attached hydrogen (secondary N) is 1. The zero-order chi connectivity index (χ0) is 18.7. The molecule has 0 radical (unpaired) electrons. The van der Waals surface area contributed by atoms with Crippen LogP contribution in [0.4, 0.5) is 5.13 Å². The molecule has 2 N–H and O–H groups in total. The highest BCUT2D eigenvalue weighted by molar-refractivity contribution is 7.13. The number of allylic oxidation sites excluding steroid dienone is 2. The summed E-state index contributed by atoms with van der Waals surface area (Å²) in [6.07, 6.45) is 6.73. The van der Waals surface area contributed by atoms with Crippen molar-refractivity contribution in [1.29, 1.82) is 0 Å². The molecule has 1 amide bonds. The number of aromatic hydroxyl groups is 1. The van der Waals surface area contributed by atoms with Crippen LogP contribution in [0.25, 0.3) is 0 Å². The molecule has 1 heterocycles. The number of phenols is 1. The molecule has 4 nitrogen and oxygen atoms in total. The van der Waals surface area contributed by atoms with Crippen molar-refractivity contribution in [2.24, 2.45) is 5.41 Å². The van der Waals surface area contributed by atoms with E-state index in [1.807, 2.05) is 38.3 Å². The highest BCUT2D eigenvalue weighted by atomic mass is 32.1. The van der Waals surface area contributed by atoms with E-state index in [4.69, 9.17) is 0 Å². The van der Waals surface area contributed by atoms with E-state index in [1.165, 1.54) is 23.3 Å². The summed E-state index contributed by atoms with van der Waals surface area (Å²) in [5, 5.41) is 15.2. The van der Waals surface area contributed by atoms with Crippen molar-refractivity contribution in [3.63, 3.8) is 0 Å². The number of benzene rings is 1. The molecular weight excluding hydrogens is 344 g/mol. The average molecular weight is 371 g/mol. The molecule has 138 valence electrons. The molecule has 5 heteroatoms. The van der Waals surface area contributed by atoms with E-state index in [1.54, 1.807) is 12.1 Å². The first kappa shape index (κ1) is 18.6. The Balaban J connectivity index is 1.94. The molecular formula is C21H26N2O2S. The van der Waals surface area contributed by atoms with Crippen LogP contribution in [0.5, 0.6) is 5.75 Å². The Morgan fingerprint density at radius 1 is 1.27 bits per heavy atom. The molecule has 3 rings (SSSR count). The van der Waals surface area contributed by atoms with Crippen LogP contribution in [0, 0.1) is 12.3 Å². The zero-order valence-corrected chi connectivity index (χ0v) is 16.4. The fourth-order valence-corrected chi connectivity index (χ4v) is 4.37. The molecule has 1 atom stereocenters. The summed E-state index contributed by atoms with van der Waals surface area (Å²) < 4.78 is 0. The van der Waals surface area contributed by atoms with Gasteiger partial charge in [-0.2, -0.15) is 0 Å². The Hall–Kier alpha value is -2.14. The summed E-state index contributed by atoms with van der Waals surface area (Å²) in [4.78, 5) is 17.5. The number of rotatable bonds is 5. The molecule has 1 unspecified atom stereocenters. The number of nitrogens with zero attached hydrogens (tertiary/aromatic N) is 1. The maximum atomic E-state index is 13.1. The van der Waals surface area contributed by atoms with E-state index < -0.39 is 5.41 Å². The van der Waals surface area contributed by atoms with E-state index in [0.29, 0.717) is 5.13 Å². The van der Waals surface area contributed by atoms with E-state index in [2.05, 4.69) is 16.4 Å². The third-order valence-electron chi connectivity index (χ3n) is 5.07. The zero-order valence-electron chi connectivity index (χ0n) is 15.6. The largest absolute Gasteiger partial charge is 0.508 e. The smallest absolute Gasteiger partial charge is 0.232 e. The fourth-order valence-electron chi connectivity index (χ4n) is 3.69. The molecule has 0 bridgehead atoms. The molecule has 0 spiro atoms. The van der Waals surface area contributed by atoms with Gasteiger partial charge in [0, 0.05) is 11.3 Å². The Kier molecular flexibility index (Phi) is 5.47. The van der Waals surface area contributed by atoms with Gasteiger partial charge in [0.1, 0.15) is 5.75 Å². The number of carbonyl (C=O) groups excluding carboxylic acids is 1. The average Bonchev–Trinajstić information content (AvgIpc) is 3.02. The molecule has 0 saturated heterocycles. The van der Waals surface area contributed by atoms with Gasteiger partial charge >= 0.3 is 0 Å². The fraction of sp³-hybridized carbons (Fsp3) is 0.429. The van der Waals surface area contributed by atoms with Crippen LogP contribution in [0.15, 0.2) is 41.3 Å². The van der Waals surface area contributed by atoms with Gasteiger partial charge in [-0.3, -0.25) is 4.79 Å². The van der Waals surface area contributed by atoms with Gasteiger partial charge in [-0.1, -0.05) is 37.6 Å². The number of aromatic nitrogens is 1. The Labute approximate surface area is 159 Å². The first-order valence-corrected chi connectivity index (χ1v) is 9.97. The van der Waals surface area contributed by atoms with Crippen LogP contribution in [0.2, 0.25) is 0 Å². The quantitative estimate of drug-likeness (QED) is 0.692. The monoisotopic (exact) mass is 370 g/mol. The lowest BCUT2D eigenvalue weighted by Crippen LogP contribution is -2.37. The third kappa shape index (κ3) is 3.98. The molecule has 1 aromatic heterocycles. The minimum absolute atomic E-state index is 0.0236. The lowest BCUT2D eigenvalue weighted by atomic mass is 9.68. The van der Waals surface area contributed by atoms with Gasteiger partial charge in [-0.05, 0) is 50.3 Å². The molecule has 0 fully saturated rings. The third-order valence-corrected chi connectivity index (χ3v) is 5.95. The lowest BCUT2D eigenvalue weighted by Gasteiger charge is -2.36. The first-order valence-electron chi connectivity index (χ1n) is 9.09. The predicted octanol–water partition coefficient (Wildman–Crippen LogP) is 5.41. The second-order valence-electron chi connectivity index (χ2n) is 7.52. The number of hydrogen-bond donors (Lipinski definition) is 2. The van der Waals surface area contributed by atoms with Crippen LogP contribution in [-0.4, -0.2) is 16.0 Å². The topological polar surface area (TPSA) is 62.2 Å². The number of phenolic OH excluding ortho intramolecular Hbond substituents is 1. The molecule has 0 saturated carbocycles. The highest BCUT2D eigenvalue weighted by Gasteiger charge is 2.40. The first-order chi connectivity index (χ1) is 12.4. The van der Waals surface area contributed by atoms with Crippen molar-refractivity contribution in [1.82, 2.24) is 4.98 Å². The number of hydrogen-bond acceptors (Lipinski definition) is 4. The van der Waals surface area contributed by atoms with Gasteiger partial charge in [-0.25, -0.2) is 4.98 Å². The van der Waals surface area contributed by atoms with Crippen molar-refractivity contribution in [3.05, 3.63) is 52.6 Å². The van der Waals surface area contributed by atoms with Gasteiger partial charge in [-0.15, -0.1) is 11.3 Å². The van der Waals surface area contributed by atoms with Crippen LogP contribution in [-0.2, 0) is 4.79 Å². The van der Waals surface area contributed by atoms with E-state index in [9.17, 15) is 9.90 Å². The molecule has 26 heavy (non-hydrogen) atoms. The van der Waals surface area contributed by atoms with Gasteiger partial charge in [0.25, 0.3) is 0 Å². The molecule has 0 aliphatic heterocycles. The Morgan fingerprint density at radius 3 is 2.58 bits per heavy atom. The summed E-state index contributed by atoms with van der Waals surface area (Å²) in [5.41, 5.74) is 2.65. The standard InChI is InChI=1S/C21H26N2O2S/c1-14-13-26-20(22-14)23-19(25)21(2,3)18(15-7-5-4-6-8-15)16-9-11-17(24)12-10-16/h7,9-13,18,24H,4-6,8H2,1-3H3,(H,22,23,25). The lowest BCUT2D eigenvalue weighted by molar-refractivity contribution is -0.124. The maximum absolute atomic E-state index is 13.1. The minimum Gasteiger partial charge on any atom is -0.508 e. The van der Waals surface area contributed by atoms with Crippen molar-refractivity contribution in [2.75, 3.05) is 5.32 Å². The normalized spacial score (nSPS) is 16.0. The summed E-state index contributed by atoms with van der Waals surface area (Å²) in [5.74, 6) is 0.187. The van der Waals surface area contributed by atoms with Crippen molar-refractivity contribution in [3.8, 4) is 5.75 Å². The number of carbonyl (C=O) groups is 1. The minimum atomic E-state index is -0.639. The van der Waals surface area contributed by atoms with Gasteiger partial charge in [0.15, 0.2) is 5.13 Å². The molecule has 1 aliphatic carbocycles.